The number of benzene rings is 1. The number of halogens is 4. The number of alkyl halides is 3. The fraction of sp³-hybridized carbons (Fsp3) is 0.682. The Kier molecular flexibility index (Phi) is 8.72. The molecular weight excluding hydrogens is 432 g/mol. The zero-order valence-electron chi connectivity index (χ0n) is 17.9. The van der Waals surface area contributed by atoms with E-state index in [0.29, 0.717) is 51.7 Å². The molecule has 6 nitrogen and oxygen atoms in total. The van der Waals surface area contributed by atoms with Crippen LogP contribution in [0.1, 0.15) is 31.2 Å². The third-order valence-corrected chi connectivity index (χ3v) is 6.15. The van der Waals surface area contributed by atoms with E-state index in [2.05, 4.69) is 9.64 Å². The molecule has 2 aliphatic heterocycles. The van der Waals surface area contributed by atoms with Crippen LogP contribution in [0.5, 0.6) is 0 Å². The lowest BCUT2D eigenvalue weighted by Crippen LogP contribution is -2.47. The topological polar surface area (TPSA) is 62.2 Å². The molecule has 3 rings (SSSR count). The largest absolute Gasteiger partial charge is 0.434 e. The van der Waals surface area contributed by atoms with Gasteiger partial charge in [-0.3, -0.25) is 4.90 Å². The third-order valence-electron chi connectivity index (χ3n) is 6.15. The molecular formula is C22H30F4N2O4. The van der Waals surface area contributed by atoms with Crippen molar-refractivity contribution in [2.75, 3.05) is 39.5 Å². The molecule has 180 valence electrons. The molecule has 2 heterocycles. The lowest BCUT2D eigenvalue weighted by molar-refractivity contribution is -0.214. The van der Waals surface area contributed by atoms with Crippen molar-refractivity contribution in [2.24, 2.45) is 5.92 Å². The summed E-state index contributed by atoms with van der Waals surface area (Å²) in [6, 6.07) is 6.79. The second-order valence-electron chi connectivity index (χ2n) is 8.43. The van der Waals surface area contributed by atoms with Gasteiger partial charge in [0.25, 0.3) is 0 Å². The van der Waals surface area contributed by atoms with Gasteiger partial charge in [-0.2, -0.15) is 13.2 Å². The summed E-state index contributed by atoms with van der Waals surface area (Å²) in [7, 11) is 0. The number of carbonyl (C=O) groups is 1. The summed E-state index contributed by atoms with van der Waals surface area (Å²) in [6.45, 7) is 2.16. The standard InChI is InChI=1S/C22H30F4N2O4/c23-18-3-1-16(2-4-18)13-28(19-7-11-31-12-8-19)14-17-5-9-27(10-6-17)21(30)32-20(15-29)22(24,25)26/h1-4,17,19-20,29H,5-15H2. The number of rotatable bonds is 7. The molecule has 2 saturated heterocycles. The van der Waals surface area contributed by atoms with Gasteiger partial charge in [-0.05, 0) is 49.3 Å². The molecule has 1 aromatic carbocycles. The van der Waals surface area contributed by atoms with Gasteiger partial charge in [-0.25, -0.2) is 9.18 Å². The van der Waals surface area contributed by atoms with Crippen LogP contribution in [-0.4, -0.2) is 78.8 Å². The molecule has 2 fully saturated rings. The minimum Gasteiger partial charge on any atom is -0.434 e. The molecule has 2 aliphatic rings. The summed E-state index contributed by atoms with van der Waals surface area (Å²) in [6.07, 6.45) is -5.24. The summed E-state index contributed by atoms with van der Waals surface area (Å²) in [5, 5.41) is 8.86. The first-order valence-corrected chi connectivity index (χ1v) is 11.0. The maximum absolute atomic E-state index is 13.3. The van der Waals surface area contributed by atoms with E-state index in [1.165, 1.54) is 17.0 Å². The molecule has 1 aromatic rings. The Labute approximate surface area is 185 Å². The average Bonchev–Trinajstić information content (AvgIpc) is 2.78. The minimum absolute atomic E-state index is 0.276. The molecule has 1 unspecified atom stereocenters. The van der Waals surface area contributed by atoms with Gasteiger partial charge in [0.1, 0.15) is 5.82 Å². The normalized spacial score (nSPS) is 19.9. The van der Waals surface area contributed by atoms with E-state index in [0.717, 1.165) is 24.9 Å². The number of nitrogens with zero attached hydrogens (tertiary/aromatic N) is 2. The molecule has 1 atom stereocenters. The smallest absolute Gasteiger partial charge is 0.427 e. The number of amides is 1. The van der Waals surface area contributed by atoms with Crippen molar-refractivity contribution in [1.29, 1.82) is 0 Å². The summed E-state index contributed by atoms with van der Waals surface area (Å²) in [4.78, 5) is 15.7. The number of aliphatic hydroxyl groups excluding tert-OH is 1. The van der Waals surface area contributed by atoms with Crippen molar-refractivity contribution < 1.29 is 36.9 Å². The molecule has 1 amide bonds. The average molecular weight is 462 g/mol. The van der Waals surface area contributed by atoms with Gasteiger partial charge in [0.05, 0.1) is 6.61 Å². The van der Waals surface area contributed by atoms with Crippen LogP contribution in [0.25, 0.3) is 0 Å². The highest BCUT2D eigenvalue weighted by Crippen LogP contribution is 2.26. The highest BCUT2D eigenvalue weighted by molar-refractivity contribution is 5.68. The first-order chi connectivity index (χ1) is 15.3. The highest BCUT2D eigenvalue weighted by atomic mass is 19.4. The molecule has 1 N–H and O–H groups in total. The van der Waals surface area contributed by atoms with Crippen LogP contribution in [-0.2, 0) is 16.0 Å². The van der Waals surface area contributed by atoms with Crippen LogP contribution in [0.4, 0.5) is 22.4 Å². The summed E-state index contributed by atoms with van der Waals surface area (Å²) >= 11 is 0. The van der Waals surface area contributed by atoms with Gasteiger partial charge in [0, 0.05) is 45.4 Å². The number of ether oxygens (including phenoxy) is 2. The SMILES string of the molecule is O=C(OC(CO)C(F)(F)F)N1CCC(CN(Cc2ccc(F)cc2)C2CCOCC2)CC1. The van der Waals surface area contributed by atoms with Crippen molar-refractivity contribution in [1.82, 2.24) is 9.80 Å². The molecule has 0 radical (unpaired) electrons. The van der Waals surface area contributed by atoms with E-state index >= 15 is 0 Å². The number of hydrogen-bond acceptors (Lipinski definition) is 5. The van der Waals surface area contributed by atoms with E-state index in [1.807, 2.05) is 0 Å². The second-order valence-corrected chi connectivity index (χ2v) is 8.43. The van der Waals surface area contributed by atoms with E-state index in [-0.39, 0.29) is 11.7 Å². The van der Waals surface area contributed by atoms with E-state index in [9.17, 15) is 22.4 Å². The maximum Gasteiger partial charge on any atom is 0.427 e. The molecule has 0 aromatic heterocycles. The van der Waals surface area contributed by atoms with E-state index in [4.69, 9.17) is 9.84 Å². The van der Waals surface area contributed by atoms with Crippen molar-refractivity contribution in [3.8, 4) is 0 Å². The van der Waals surface area contributed by atoms with Gasteiger partial charge in [-0.15, -0.1) is 0 Å². The number of carbonyl (C=O) groups excluding carboxylic acids is 1. The molecule has 0 spiro atoms. The predicted molar refractivity (Wildman–Crippen MR) is 108 cm³/mol. The fourth-order valence-electron chi connectivity index (χ4n) is 4.25. The second kappa shape index (κ2) is 11.3. The molecule has 0 bridgehead atoms. The Morgan fingerprint density at radius 1 is 1.16 bits per heavy atom. The van der Waals surface area contributed by atoms with Crippen LogP contribution >= 0.6 is 0 Å². The van der Waals surface area contributed by atoms with E-state index < -0.39 is 25.0 Å². The van der Waals surface area contributed by atoms with Gasteiger partial charge in [0.15, 0.2) is 0 Å². The quantitative estimate of drug-likeness (QED) is 0.628. The summed E-state index contributed by atoms with van der Waals surface area (Å²) in [5.41, 5.74) is 1.01. The van der Waals surface area contributed by atoms with Crippen LogP contribution in [0.2, 0.25) is 0 Å². The number of aliphatic hydroxyl groups is 1. The predicted octanol–water partition coefficient (Wildman–Crippen LogP) is 3.58. The summed E-state index contributed by atoms with van der Waals surface area (Å²) < 4.78 is 61.4. The zero-order chi connectivity index (χ0) is 23.1. The van der Waals surface area contributed by atoms with Gasteiger partial charge in [0.2, 0.25) is 6.10 Å². The van der Waals surface area contributed by atoms with Crippen molar-refractivity contribution in [3.63, 3.8) is 0 Å². The van der Waals surface area contributed by atoms with Gasteiger partial charge >= 0.3 is 12.3 Å². The van der Waals surface area contributed by atoms with Crippen molar-refractivity contribution >= 4 is 6.09 Å². The van der Waals surface area contributed by atoms with E-state index in [1.54, 1.807) is 12.1 Å². The Hall–Kier alpha value is -1.91. The Morgan fingerprint density at radius 2 is 1.78 bits per heavy atom. The van der Waals surface area contributed by atoms with Crippen molar-refractivity contribution in [2.45, 2.75) is 50.6 Å². The lowest BCUT2D eigenvalue weighted by atomic mass is 9.94. The molecule has 10 heteroatoms. The van der Waals surface area contributed by atoms with Crippen LogP contribution < -0.4 is 0 Å². The Balaban J connectivity index is 1.55. The first kappa shape index (κ1) is 24.7. The number of likely N-dealkylation sites (tertiary alicyclic amines) is 1. The number of hydrogen-bond donors (Lipinski definition) is 1. The van der Waals surface area contributed by atoms with Crippen LogP contribution in [0.3, 0.4) is 0 Å². The summed E-state index contributed by atoms with van der Waals surface area (Å²) in [5.74, 6) is -0.00168. The highest BCUT2D eigenvalue weighted by Gasteiger charge is 2.43. The minimum atomic E-state index is -4.80. The van der Waals surface area contributed by atoms with Gasteiger partial charge in [-0.1, -0.05) is 12.1 Å². The third kappa shape index (κ3) is 7.05. The number of piperidine rings is 1. The molecule has 32 heavy (non-hydrogen) atoms. The fourth-order valence-corrected chi connectivity index (χ4v) is 4.25. The van der Waals surface area contributed by atoms with Gasteiger partial charge < -0.3 is 19.5 Å². The molecule has 0 aliphatic carbocycles. The monoisotopic (exact) mass is 462 g/mol. The Morgan fingerprint density at radius 3 is 2.34 bits per heavy atom. The van der Waals surface area contributed by atoms with Crippen molar-refractivity contribution in [3.05, 3.63) is 35.6 Å². The van der Waals surface area contributed by atoms with Crippen LogP contribution in [0, 0.1) is 11.7 Å². The Bertz CT molecular complexity index is 718. The van der Waals surface area contributed by atoms with Crippen LogP contribution in [0.15, 0.2) is 24.3 Å². The maximum atomic E-state index is 13.3. The molecule has 0 saturated carbocycles. The zero-order valence-corrected chi connectivity index (χ0v) is 17.9. The lowest BCUT2D eigenvalue weighted by Gasteiger charge is -2.39. The first-order valence-electron chi connectivity index (χ1n) is 11.0.